The Bertz CT molecular complexity index is 375. The van der Waals surface area contributed by atoms with Crippen molar-refractivity contribution in [3.8, 4) is 0 Å². The lowest BCUT2D eigenvalue weighted by atomic mass is 10.0. The molecule has 1 N–H and O–H groups in total. The van der Waals surface area contributed by atoms with E-state index in [0.717, 1.165) is 17.6 Å². The maximum Gasteiger partial charge on any atom is 0.313 e. The number of nitrogens with zero attached hydrogens (tertiary/aromatic N) is 2. The SMILES string of the molecule is O=C(O)CSc1nccn1CC1CCSCC1. The first-order valence-electron chi connectivity index (χ1n) is 5.69. The number of hydrogen-bond acceptors (Lipinski definition) is 4. The summed E-state index contributed by atoms with van der Waals surface area (Å²) in [6.07, 6.45) is 6.21. The number of imidazole rings is 1. The molecule has 0 aromatic carbocycles. The summed E-state index contributed by atoms with van der Waals surface area (Å²) in [4.78, 5) is 14.7. The highest BCUT2D eigenvalue weighted by Gasteiger charge is 2.16. The summed E-state index contributed by atoms with van der Waals surface area (Å²) in [5, 5.41) is 9.49. The van der Waals surface area contributed by atoms with Crippen LogP contribution in [0, 0.1) is 5.92 Å². The molecule has 0 radical (unpaired) electrons. The Morgan fingerprint density at radius 2 is 2.35 bits per heavy atom. The molecule has 2 heterocycles. The number of carboxylic acids is 1. The van der Waals surface area contributed by atoms with E-state index in [4.69, 9.17) is 5.11 Å². The average molecular weight is 272 g/mol. The zero-order chi connectivity index (χ0) is 12.1. The van der Waals surface area contributed by atoms with E-state index in [2.05, 4.69) is 9.55 Å². The fourth-order valence-electron chi connectivity index (χ4n) is 1.91. The van der Waals surface area contributed by atoms with Gasteiger partial charge in [-0.1, -0.05) is 11.8 Å². The molecule has 6 heteroatoms. The van der Waals surface area contributed by atoms with Gasteiger partial charge in [-0.2, -0.15) is 11.8 Å². The molecule has 17 heavy (non-hydrogen) atoms. The second-order valence-corrected chi connectivity index (χ2v) is 6.27. The maximum atomic E-state index is 10.5. The summed E-state index contributed by atoms with van der Waals surface area (Å²) >= 11 is 3.32. The second kappa shape index (κ2) is 6.35. The van der Waals surface area contributed by atoms with E-state index in [1.165, 1.54) is 36.1 Å². The monoisotopic (exact) mass is 272 g/mol. The number of rotatable bonds is 5. The van der Waals surface area contributed by atoms with Gasteiger partial charge in [-0.25, -0.2) is 4.98 Å². The third-order valence-corrected chi connectivity index (χ3v) is 4.84. The number of hydrogen-bond donors (Lipinski definition) is 1. The zero-order valence-corrected chi connectivity index (χ0v) is 11.2. The number of thioether (sulfide) groups is 2. The van der Waals surface area contributed by atoms with Crippen molar-refractivity contribution in [2.24, 2.45) is 5.92 Å². The number of carboxylic acid groups (broad SMARTS) is 1. The minimum Gasteiger partial charge on any atom is -0.481 e. The Balaban J connectivity index is 1.91. The van der Waals surface area contributed by atoms with Gasteiger partial charge in [0, 0.05) is 18.9 Å². The minimum absolute atomic E-state index is 0.0809. The highest BCUT2D eigenvalue weighted by atomic mass is 32.2. The third-order valence-electron chi connectivity index (χ3n) is 2.80. The minimum atomic E-state index is -0.793. The summed E-state index contributed by atoms with van der Waals surface area (Å²) in [5.74, 6) is 2.50. The zero-order valence-electron chi connectivity index (χ0n) is 9.54. The molecule has 1 aliphatic rings. The van der Waals surface area contributed by atoms with Gasteiger partial charge in [0.1, 0.15) is 0 Å². The van der Waals surface area contributed by atoms with E-state index in [9.17, 15) is 4.79 Å². The molecule has 0 bridgehead atoms. The van der Waals surface area contributed by atoms with Gasteiger partial charge >= 0.3 is 5.97 Å². The molecule has 0 atom stereocenters. The van der Waals surface area contributed by atoms with Crippen molar-refractivity contribution in [3.05, 3.63) is 12.4 Å². The molecule has 0 amide bonds. The summed E-state index contributed by atoms with van der Waals surface area (Å²) < 4.78 is 2.09. The molecule has 1 aromatic heterocycles. The van der Waals surface area contributed by atoms with Crippen LogP contribution in [0.15, 0.2) is 17.6 Å². The fourth-order valence-corrected chi connectivity index (χ4v) is 3.80. The normalized spacial score (nSPS) is 17.2. The lowest BCUT2D eigenvalue weighted by molar-refractivity contribution is -0.133. The van der Waals surface area contributed by atoms with Crippen molar-refractivity contribution in [3.63, 3.8) is 0 Å². The third kappa shape index (κ3) is 3.96. The van der Waals surface area contributed by atoms with Crippen molar-refractivity contribution in [1.82, 2.24) is 9.55 Å². The molecule has 2 rings (SSSR count). The van der Waals surface area contributed by atoms with Crippen LogP contribution in [-0.2, 0) is 11.3 Å². The van der Waals surface area contributed by atoms with Gasteiger partial charge in [0.05, 0.1) is 5.75 Å². The van der Waals surface area contributed by atoms with Crippen LogP contribution < -0.4 is 0 Å². The highest BCUT2D eigenvalue weighted by Crippen LogP contribution is 2.25. The van der Waals surface area contributed by atoms with E-state index in [0.29, 0.717) is 0 Å². The first kappa shape index (κ1) is 12.8. The van der Waals surface area contributed by atoms with Crippen LogP contribution in [0.1, 0.15) is 12.8 Å². The summed E-state index contributed by atoms with van der Waals surface area (Å²) in [5.41, 5.74) is 0. The van der Waals surface area contributed by atoms with Crippen molar-refractivity contribution >= 4 is 29.5 Å². The highest BCUT2D eigenvalue weighted by molar-refractivity contribution is 7.99. The Kier molecular flexibility index (Phi) is 4.79. The first-order chi connectivity index (χ1) is 8.25. The van der Waals surface area contributed by atoms with Crippen LogP contribution in [0.5, 0.6) is 0 Å². The molecular formula is C11H16N2O2S2. The molecule has 1 saturated heterocycles. The molecular weight excluding hydrogens is 256 g/mol. The molecule has 0 unspecified atom stereocenters. The summed E-state index contributed by atoms with van der Waals surface area (Å²) in [6.45, 7) is 0.975. The Hall–Kier alpha value is -0.620. The number of aromatic nitrogens is 2. The van der Waals surface area contributed by atoms with Gasteiger partial charge in [0.25, 0.3) is 0 Å². The van der Waals surface area contributed by atoms with Crippen molar-refractivity contribution in [1.29, 1.82) is 0 Å². The first-order valence-corrected chi connectivity index (χ1v) is 7.83. The Morgan fingerprint density at radius 3 is 3.06 bits per heavy atom. The van der Waals surface area contributed by atoms with Gasteiger partial charge in [0.2, 0.25) is 0 Å². The molecule has 94 valence electrons. The van der Waals surface area contributed by atoms with Crippen LogP contribution in [0.2, 0.25) is 0 Å². The molecule has 1 aromatic rings. The predicted molar refractivity (Wildman–Crippen MR) is 70.6 cm³/mol. The Morgan fingerprint density at radius 1 is 1.59 bits per heavy atom. The average Bonchev–Trinajstić information content (AvgIpc) is 2.75. The number of aliphatic carboxylic acids is 1. The largest absolute Gasteiger partial charge is 0.481 e. The fraction of sp³-hybridized carbons (Fsp3) is 0.636. The quantitative estimate of drug-likeness (QED) is 0.833. The number of carbonyl (C=O) groups is 1. The second-order valence-electron chi connectivity index (χ2n) is 4.10. The van der Waals surface area contributed by atoms with Gasteiger partial charge < -0.3 is 9.67 Å². The van der Waals surface area contributed by atoms with Crippen LogP contribution in [0.25, 0.3) is 0 Å². The molecule has 0 spiro atoms. The van der Waals surface area contributed by atoms with Crippen LogP contribution in [0.3, 0.4) is 0 Å². The summed E-state index contributed by atoms with van der Waals surface area (Å²) in [6, 6.07) is 0. The molecule has 1 fully saturated rings. The Labute approximate surface area is 109 Å². The molecule has 1 aliphatic heterocycles. The lowest BCUT2D eigenvalue weighted by Crippen LogP contribution is -2.16. The van der Waals surface area contributed by atoms with Crippen molar-refractivity contribution in [2.45, 2.75) is 24.5 Å². The summed E-state index contributed by atoms with van der Waals surface area (Å²) in [7, 11) is 0. The molecule has 0 aliphatic carbocycles. The molecule has 4 nitrogen and oxygen atoms in total. The van der Waals surface area contributed by atoms with E-state index in [1.54, 1.807) is 6.20 Å². The molecule has 0 saturated carbocycles. The van der Waals surface area contributed by atoms with Gasteiger partial charge in [-0.3, -0.25) is 4.79 Å². The predicted octanol–water partition coefficient (Wildman–Crippen LogP) is 2.20. The van der Waals surface area contributed by atoms with Gasteiger partial charge in [-0.05, 0) is 30.3 Å². The van der Waals surface area contributed by atoms with E-state index < -0.39 is 5.97 Å². The standard InChI is InChI=1S/C11H16N2O2S2/c14-10(15)8-17-11-12-3-4-13(11)7-9-1-5-16-6-2-9/h3-4,9H,1-2,5-8H2,(H,14,15). The van der Waals surface area contributed by atoms with Crippen LogP contribution in [0.4, 0.5) is 0 Å². The maximum absolute atomic E-state index is 10.5. The van der Waals surface area contributed by atoms with Gasteiger partial charge in [-0.15, -0.1) is 0 Å². The van der Waals surface area contributed by atoms with Crippen molar-refractivity contribution < 1.29 is 9.90 Å². The van der Waals surface area contributed by atoms with E-state index >= 15 is 0 Å². The van der Waals surface area contributed by atoms with Gasteiger partial charge in [0.15, 0.2) is 5.16 Å². The van der Waals surface area contributed by atoms with E-state index in [-0.39, 0.29) is 5.75 Å². The van der Waals surface area contributed by atoms with Crippen molar-refractivity contribution in [2.75, 3.05) is 17.3 Å². The van der Waals surface area contributed by atoms with E-state index in [1.807, 2.05) is 18.0 Å². The smallest absolute Gasteiger partial charge is 0.313 e. The van der Waals surface area contributed by atoms with Crippen LogP contribution in [-0.4, -0.2) is 37.9 Å². The lowest BCUT2D eigenvalue weighted by Gasteiger charge is -2.22. The topological polar surface area (TPSA) is 55.1 Å². The van der Waals surface area contributed by atoms with Crippen LogP contribution >= 0.6 is 23.5 Å².